The number of nitrogens with one attached hydrogen (secondary N) is 1. The van der Waals surface area contributed by atoms with Gasteiger partial charge < -0.3 is 14.8 Å². The Labute approximate surface area is 118 Å². The third-order valence-corrected chi connectivity index (χ3v) is 4.13. The summed E-state index contributed by atoms with van der Waals surface area (Å²) in [6.45, 7) is 0.814. The summed E-state index contributed by atoms with van der Waals surface area (Å²) in [7, 11) is 1.67. The van der Waals surface area contributed by atoms with Crippen LogP contribution in [0.25, 0.3) is 0 Å². The second kappa shape index (κ2) is 5.43. The minimum atomic E-state index is 0.0799. The van der Waals surface area contributed by atoms with Gasteiger partial charge in [-0.2, -0.15) is 0 Å². The van der Waals surface area contributed by atoms with E-state index >= 15 is 0 Å². The standard InChI is InChI=1S/C15H18ClNO2/c1-18-13-6-5-10(15-12(16)7-8-17-15)9-14(13)19-11-3-2-4-11/h5-7,9,11,15,17H,2-4,8H2,1H3. The summed E-state index contributed by atoms with van der Waals surface area (Å²) in [6.07, 6.45) is 5.87. The van der Waals surface area contributed by atoms with Gasteiger partial charge in [-0.05, 0) is 37.0 Å². The van der Waals surface area contributed by atoms with Crippen LogP contribution in [0.3, 0.4) is 0 Å². The maximum Gasteiger partial charge on any atom is 0.161 e. The lowest BCUT2D eigenvalue weighted by Crippen LogP contribution is -2.25. The Kier molecular flexibility index (Phi) is 3.67. The molecule has 19 heavy (non-hydrogen) atoms. The van der Waals surface area contributed by atoms with Crippen LogP contribution < -0.4 is 14.8 Å². The second-order valence-corrected chi connectivity index (χ2v) is 5.45. The van der Waals surface area contributed by atoms with Crippen molar-refractivity contribution in [2.24, 2.45) is 0 Å². The number of hydrogen-bond donors (Lipinski definition) is 1. The van der Waals surface area contributed by atoms with E-state index in [1.165, 1.54) is 6.42 Å². The Morgan fingerprint density at radius 1 is 1.26 bits per heavy atom. The minimum absolute atomic E-state index is 0.0799. The van der Waals surface area contributed by atoms with E-state index in [0.717, 1.165) is 41.5 Å². The zero-order chi connectivity index (χ0) is 13.2. The van der Waals surface area contributed by atoms with Crippen molar-refractivity contribution in [3.8, 4) is 11.5 Å². The van der Waals surface area contributed by atoms with Gasteiger partial charge >= 0.3 is 0 Å². The normalized spacial score (nSPS) is 22.8. The molecule has 1 aromatic rings. The van der Waals surface area contributed by atoms with Gasteiger partial charge in [-0.25, -0.2) is 0 Å². The first-order valence-electron chi connectivity index (χ1n) is 6.71. The van der Waals surface area contributed by atoms with Crippen LogP contribution in [0.15, 0.2) is 29.3 Å². The van der Waals surface area contributed by atoms with Crippen molar-refractivity contribution < 1.29 is 9.47 Å². The van der Waals surface area contributed by atoms with E-state index in [1.54, 1.807) is 7.11 Å². The average molecular weight is 280 g/mol. The minimum Gasteiger partial charge on any atom is -0.493 e. The van der Waals surface area contributed by atoms with E-state index in [9.17, 15) is 0 Å². The first kappa shape index (κ1) is 12.8. The molecule has 1 unspecified atom stereocenters. The molecular formula is C15H18ClNO2. The van der Waals surface area contributed by atoms with Gasteiger partial charge in [0.05, 0.1) is 19.3 Å². The van der Waals surface area contributed by atoms with Gasteiger partial charge in [0.25, 0.3) is 0 Å². The van der Waals surface area contributed by atoms with E-state index in [0.29, 0.717) is 6.10 Å². The monoisotopic (exact) mass is 279 g/mol. The van der Waals surface area contributed by atoms with Crippen LogP contribution >= 0.6 is 11.6 Å². The van der Waals surface area contributed by atoms with Gasteiger partial charge in [-0.1, -0.05) is 23.7 Å². The van der Waals surface area contributed by atoms with Crippen molar-refractivity contribution in [1.82, 2.24) is 5.32 Å². The van der Waals surface area contributed by atoms with Crippen LogP contribution in [0.2, 0.25) is 0 Å². The van der Waals surface area contributed by atoms with Gasteiger partial charge in [0.15, 0.2) is 11.5 Å². The lowest BCUT2D eigenvalue weighted by molar-refractivity contribution is 0.116. The zero-order valence-corrected chi connectivity index (χ0v) is 11.7. The van der Waals surface area contributed by atoms with Crippen LogP contribution in [0, 0.1) is 0 Å². The third-order valence-electron chi connectivity index (χ3n) is 3.76. The average Bonchev–Trinajstić information content (AvgIpc) is 2.80. The SMILES string of the molecule is COc1ccc(C2NCC=C2Cl)cc1OC1CCC1. The first-order chi connectivity index (χ1) is 9.28. The molecule has 1 N–H and O–H groups in total. The highest BCUT2D eigenvalue weighted by Gasteiger charge is 2.23. The molecule has 1 aliphatic carbocycles. The largest absolute Gasteiger partial charge is 0.493 e. The highest BCUT2D eigenvalue weighted by molar-refractivity contribution is 6.30. The van der Waals surface area contributed by atoms with Crippen LogP contribution in [0.5, 0.6) is 11.5 Å². The second-order valence-electron chi connectivity index (χ2n) is 5.01. The Balaban J connectivity index is 1.85. The smallest absolute Gasteiger partial charge is 0.161 e. The van der Waals surface area contributed by atoms with Crippen LogP contribution in [0.1, 0.15) is 30.9 Å². The van der Waals surface area contributed by atoms with Crippen molar-refractivity contribution in [2.75, 3.05) is 13.7 Å². The molecular weight excluding hydrogens is 262 g/mol. The fourth-order valence-electron chi connectivity index (χ4n) is 2.40. The summed E-state index contributed by atoms with van der Waals surface area (Å²) in [5.41, 5.74) is 1.12. The fraction of sp³-hybridized carbons (Fsp3) is 0.467. The fourth-order valence-corrected chi connectivity index (χ4v) is 2.68. The number of methoxy groups -OCH3 is 1. The number of benzene rings is 1. The topological polar surface area (TPSA) is 30.5 Å². The van der Waals surface area contributed by atoms with Gasteiger partial charge in [-0.3, -0.25) is 0 Å². The molecule has 0 saturated heterocycles. The number of rotatable bonds is 4. The molecule has 1 atom stereocenters. The van der Waals surface area contributed by atoms with Gasteiger partial charge in [0.2, 0.25) is 0 Å². The highest BCUT2D eigenvalue weighted by atomic mass is 35.5. The number of halogens is 1. The van der Waals surface area contributed by atoms with Gasteiger partial charge in [0, 0.05) is 11.6 Å². The van der Waals surface area contributed by atoms with Crippen LogP contribution in [-0.4, -0.2) is 19.8 Å². The molecule has 0 radical (unpaired) electrons. The van der Waals surface area contributed by atoms with Crippen molar-refractivity contribution in [3.63, 3.8) is 0 Å². The summed E-state index contributed by atoms with van der Waals surface area (Å²) < 4.78 is 11.4. The molecule has 0 bridgehead atoms. The molecule has 1 saturated carbocycles. The van der Waals surface area contributed by atoms with E-state index in [1.807, 2.05) is 24.3 Å². The van der Waals surface area contributed by atoms with Crippen LogP contribution in [-0.2, 0) is 0 Å². The highest BCUT2D eigenvalue weighted by Crippen LogP contribution is 2.37. The molecule has 1 aromatic carbocycles. The van der Waals surface area contributed by atoms with Gasteiger partial charge in [0.1, 0.15) is 0 Å². The predicted octanol–water partition coefficient (Wildman–Crippen LogP) is 3.39. The Bertz CT molecular complexity index is 497. The predicted molar refractivity (Wildman–Crippen MR) is 75.9 cm³/mol. The molecule has 1 aliphatic heterocycles. The molecule has 0 amide bonds. The first-order valence-corrected chi connectivity index (χ1v) is 7.09. The maximum atomic E-state index is 6.21. The molecule has 2 aliphatic rings. The van der Waals surface area contributed by atoms with E-state index in [2.05, 4.69) is 5.32 Å². The molecule has 1 fully saturated rings. The van der Waals surface area contributed by atoms with Crippen molar-refractivity contribution >= 4 is 11.6 Å². The summed E-state index contributed by atoms with van der Waals surface area (Å²) in [6, 6.07) is 6.10. The molecule has 3 nitrogen and oxygen atoms in total. The number of ether oxygens (including phenoxy) is 2. The van der Waals surface area contributed by atoms with Crippen LogP contribution in [0.4, 0.5) is 0 Å². The van der Waals surface area contributed by atoms with Crippen molar-refractivity contribution in [1.29, 1.82) is 0 Å². The quantitative estimate of drug-likeness (QED) is 0.916. The van der Waals surface area contributed by atoms with Crippen molar-refractivity contribution in [2.45, 2.75) is 31.4 Å². The molecule has 1 heterocycles. The molecule has 4 heteroatoms. The lowest BCUT2D eigenvalue weighted by Gasteiger charge is -2.27. The summed E-state index contributed by atoms with van der Waals surface area (Å²) in [5.74, 6) is 1.61. The van der Waals surface area contributed by atoms with Crippen molar-refractivity contribution in [3.05, 3.63) is 34.9 Å². The molecule has 102 valence electrons. The van der Waals surface area contributed by atoms with E-state index < -0.39 is 0 Å². The maximum absolute atomic E-state index is 6.21. The summed E-state index contributed by atoms with van der Waals surface area (Å²) >= 11 is 6.21. The third kappa shape index (κ3) is 2.58. The summed E-state index contributed by atoms with van der Waals surface area (Å²) in [4.78, 5) is 0. The Hall–Kier alpha value is -1.19. The van der Waals surface area contributed by atoms with E-state index in [-0.39, 0.29) is 6.04 Å². The number of hydrogen-bond acceptors (Lipinski definition) is 3. The Morgan fingerprint density at radius 3 is 2.68 bits per heavy atom. The van der Waals surface area contributed by atoms with Gasteiger partial charge in [-0.15, -0.1) is 0 Å². The molecule has 0 spiro atoms. The zero-order valence-electron chi connectivity index (χ0n) is 11.0. The van der Waals surface area contributed by atoms with E-state index in [4.69, 9.17) is 21.1 Å². The Morgan fingerprint density at radius 2 is 2.11 bits per heavy atom. The molecule has 0 aromatic heterocycles. The molecule has 3 rings (SSSR count). The summed E-state index contributed by atoms with van der Waals surface area (Å²) in [5, 5.41) is 4.19. The lowest BCUT2D eigenvalue weighted by atomic mass is 9.96.